The number of benzene rings is 3. The molecule has 208 valence electrons. The Hall–Kier alpha value is -3.88. The number of amides is 1. The van der Waals surface area contributed by atoms with Gasteiger partial charge in [0, 0.05) is 10.6 Å². The van der Waals surface area contributed by atoms with Gasteiger partial charge in [-0.15, -0.1) is 11.3 Å². The summed E-state index contributed by atoms with van der Waals surface area (Å²) in [4.78, 5) is 34.0. The summed E-state index contributed by atoms with van der Waals surface area (Å²) >= 11 is 2.92. The van der Waals surface area contributed by atoms with Gasteiger partial charge >= 0.3 is 0 Å². The molecule has 1 aliphatic carbocycles. The topological polar surface area (TPSA) is 73.2 Å². The summed E-state index contributed by atoms with van der Waals surface area (Å²) in [7, 11) is 0. The maximum atomic E-state index is 14.0. The molecule has 6 nitrogen and oxygen atoms in total. The van der Waals surface area contributed by atoms with Gasteiger partial charge in [-0.05, 0) is 86.6 Å². The molecular formula is C33H31N3O3S2. The third kappa shape index (κ3) is 5.94. The molecule has 0 atom stereocenters. The van der Waals surface area contributed by atoms with E-state index in [1.54, 1.807) is 15.9 Å². The predicted molar refractivity (Wildman–Crippen MR) is 168 cm³/mol. The largest absolute Gasteiger partial charge is 0.489 e. The Balaban J connectivity index is 1.21. The van der Waals surface area contributed by atoms with Crippen LogP contribution < -0.4 is 15.6 Å². The Morgan fingerprint density at radius 1 is 1.02 bits per heavy atom. The molecule has 0 radical (unpaired) electrons. The molecule has 0 unspecified atom stereocenters. The molecule has 0 spiro atoms. The van der Waals surface area contributed by atoms with E-state index in [2.05, 4.69) is 11.4 Å². The summed E-state index contributed by atoms with van der Waals surface area (Å²) in [5.74, 6) is 0.690. The number of nitrogens with one attached hydrogen (secondary N) is 1. The van der Waals surface area contributed by atoms with E-state index in [0.29, 0.717) is 17.5 Å². The van der Waals surface area contributed by atoms with Crippen molar-refractivity contribution in [2.45, 2.75) is 51.3 Å². The van der Waals surface area contributed by atoms with E-state index < -0.39 is 0 Å². The lowest BCUT2D eigenvalue weighted by Crippen LogP contribution is -2.24. The van der Waals surface area contributed by atoms with Crippen LogP contribution in [0.3, 0.4) is 0 Å². The number of carbonyl (C=O) groups is 1. The highest BCUT2D eigenvalue weighted by molar-refractivity contribution is 7.99. The van der Waals surface area contributed by atoms with Gasteiger partial charge in [-0.25, -0.2) is 4.98 Å². The summed E-state index contributed by atoms with van der Waals surface area (Å²) in [5, 5.41) is 4.23. The Morgan fingerprint density at radius 3 is 2.59 bits per heavy atom. The molecule has 1 aliphatic rings. The number of anilines is 1. The highest BCUT2D eigenvalue weighted by Gasteiger charge is 2.24. The Labute approximate surface area is 247 Å². The predicted octanol–water partition coefficient (Wildman–Crippen LogP) is 7.25. The van der Waals surface area contributed by atoms with Gasteiger partial charge in [0.1, 0.15) is 17.2 Å². The van der Waals surface area contributed by atoms with Gasteiger partial charge in [-0.3, -0.25) is 14.2 Å². The second-order valence-electron chi connectivity index (χ2n) is 10.4. The minimum Gasteiger partial charge on any atom is -0.489 e. The standard InChI is InChI=1S/C33H31N3O3S2/c1-21-12-17-27(22(2)18-21)36-32(38)30-26-10-6-7-11-28(26)41-31(30)35-33(36)40-20-29(37)34-24-13-15-25(16-14-24)39-19-23-8-4-3-5-9-23/h3-5,8-9,12-18H,6-7,10-11,19-20H2,1-2H3,(H,34,37). The average molecular weight is 582 g/mol. The second-order valence-corrected chi connectivity index (χ2v) is 12.4. The van der Waals surface area contributed by atoms with Crippen molar-refractivity contribution in [3.05, 3.63) is 110 Å². The van der Waals surface area contributed by atoms with Crippen LogP contribution in [-0.2, 0) is 24.2 Å². The molecule has 6 rings (SSSR count). The molecule has 0 fully saturated rings. The first kappa shape index (κ1) is 27.3. The number of ether oxygens (including phenoxy) is 1. The zero-order chi connectivity index (χ0) is 28.3. The molecule has 1 amide bonds. The first-order valence-electron chi connectivity index (χ1n) is 13.8. The number of carbonyl (C=O) groups excluding carboxylic acids is 1. The zero-order valence-electron chi connectivity index (χ0n) is 23.1. The molecule has 0 bridgehead atoms. The van der Waals surface area contributed by atoms with Crippen molar-refractivity contribution in [2.24, 2.45) is 0 Å². The first-order valence-corrected chi connectivity index (χ1v) is 15.6. The minimum absolute atomic E-state index is 0.0460. The van der Waals surface area contributed by atoms with E-state index in [-0.39, 0.29) is 17.2 Å². The number of aromatic nitrogens is 2. The van der Waals surface area contributed by atoms with E-state index in [1.165, 1.54) is 16.6 Å². The number of thiophene rings is 1. The van der Waals surface area contributed by atoms with Gasteiger partial charge in [0.25, 0.3) is 5.56 Å². The van der Waals surface area contributed by atoms with Crippen LogP contribution >= 0.6 is 23.1 Å². The summed E-state index contributed by atoms with van der Waals surface area (Å²) in [6.07, 6.45) is 4.16. The maximum absolute atomic E-state index is 14.0. The van der Waals surface area contributed by atoms with Gasteiger partial charge in [-0.1, -0.05) is 59.8 Å². The van der Waals surface area contributed by atoms with Gasteiger partial charge in [-0.2, -0.15) is 0 Å². The quantitative estimate of drug-likeness (QED) is 0.154. The summed E-state index contributed by atoms with van der Waals surface area (Å²) < 4.78 is 7.55. The number of hydrogen-bond donors (Lipinski definition) is 1. The van der Waals surface area contributed by atoms with Crippen LogP contribution in [0.1, 0.15) is 40.0 Å². The molecule has 41 heavy (non-hydrogen) atoms. The highest BCUT2D eigenvalue weighted by Crippen LogP contribution is 2.35. The summed E-state index contributed by atoms with van der Waals surface area (Å²) in [6.45, 7) is 4.53. The smallest absolute Gasteiger partial charge is 0.267 e. The molecule has 5 aromatic rings. The highest BCUT2D eigenvalue weighted by atomic mass is 32.2. The number of nitrogens with zero attached hydrogens (tertiary/aromatic N) is 2. The molecule has 8 heteroatoms. The summed E-state index contributed by atoms with van der Waals surface area (Å²) in [5.41, 5.74) is 5.83. The van der Waals surface area contributed by atoms with Crippen molar-refractivity contribution >= 4 is 44.9 Å². The Kier molecular flexibility index (Phi) is 7.94. The lowest BCUT2D eigenvalue weighted by Gasteiger charge is -2.16. The lowest BCUT2D eigenvalue weighted by molar-refractivity contribution is -0.113. The van der Waals surface area contributed by atoms with Crippen molar-refractivity contribution in [2.75, 3.05) is 11.1 Å². The SMILES string of the molecule is Cc1ccc(-n2c(SCC(=O)Nc3ccc(OCc4ccccc4)cc3)nc3sc4c(c3c2=O)CCCC4)c(C)c1. The van der Waals surface area contributed by atoms with Crippen molar-refractivity contribution < 1.29 is 9.53 Å². The fraction of sp³-hybridized carbons (Fsp3) is 0.242. The van der Waals surface area contributed by atoms with Crippen LogP contribution in [0.5, 0.6) is 5.75 Å². The zero-order valence-corrected chi connectivity index (χ0v) is 24.7. The van der Waals surface area contributed by atoms with Gasteiger partial charge < -0.3 is 10.1 Å². The number of fused-ring (bicyclic) bond motifs is 3. The van der Waals surface area contributed by atoms with Crippen molar-refractivity contribution in [1.29, 1.82) is 0 Å². The minimum atomic E-state index is -0.167. The number of aryl methyl sites for hydroxylation is 4. The average Bonchev–Trinajstić information content (AvgIpc) is 3.36. The van der Waals surface area contributed by atoms with Crippen molar-refractivity contribution in [1.82, 2.24) is 9.55 Å². The van der Waals surface area contributed by atoms with E-state index in [1.807, 2.05) is 80.6 Å². The molecule has 3 aromatic carbocycles. The third-order valence-corrected chi connectivity index (χ3v) is 9.39. The van der Waals surface area contributed by atoms with Crippen LogP contribution in [0.25, 0.3) is 15.9 Å². The van der Waals surface area contributed by atoms with Crippen LogP contribution in [0, 0.1) is 13.8 Å². The molecule has 2 aromatic heterocycles. The lowest BCUT2D eigenvalue weighted by atomic mass is 9.97. The number of thioether (sulfide) groups is 1. The van der Waals surface area contributed by atoms with Crippen LogP contribution in [0.15, 0.2) is 82.7 Å². The first-order chi connectivity index (χ1) is 20.0. The van der Waals surface area contributed by atoms with Crippen LogP contribution in [0.4, 0.5) is 5.69 Å². The number of hydrogen-bond acceptors (Lipinski definition) is 6. The van der Waals surface area contributed by atoms with E-state index >= 15 is 0 Å². The maximum Gasteiger partial charge on any atom is 0.267 e. The second kappa shape index (κ2) is 11.9. The van der Waals surface area contributed by atoms with Gasteiger partial charge in [0.05, 0.1) is 16.8 Å². The van der Waals surface area contributed by atoms with Gasteiger partial charge in [0.2, 0.25) is 5.91 Å². The monoisotopic (exact) mass is 581 g/mol. The molecular weight excluding hydrogens is 551 g/mol. The number of rotatable bonds is 8. The van der Waals surface area contributed by atoms with E-state index in [9.17, 15) is 9.59 Å². The third-order valence-electron chi connectivity index (χ3n) is 7.27. The molecule has 0 saturated heterocycles. The molecule has 0 saturated carbocycles. The molecule has 1 N–H and O–H groups in total. The normalized spacial score (nSPS) is 12.7. The van der Waals surface area contributed by atoms with Gasteiger partial charge in [0.15, 0.2) is 5.16 Å². The molecule has 0 aliphatic heterocycles. The molecule has 2 heterocycles. The van der Waals surface area contributed by atoms with Crippen molar-refractivity contribution in [3.8, 4) is 11.4 Å². The summed E-state index contributed by atoms with van der Waals surface area (Å²) in [6, 6.07) is 23.4. The van der Waals surface area contributed by atoms with Crippen LogP contribution in [-0.4, -0.2) is 21.2 Å². The van der Waals surface area contributed by atoms with Crippen molar-refractivity contribution in [3.63, 3.8) is 0 Å². The van der Waals surface area contributed by atoms with E-state index in [4.69, 9.17) is 9.72 Å². The fourth-order valence-corrected chi connectivity index (χ4v) is 7.36. The fourth-order valence-electron chi connectivity index (χ4n) is 5.25. The van der Waals surface area contributed by atoms with Crippen LogP contribution in [0.2, 0.25) is 0 Å². The Morgan fingerprint density at radius 2 is 1.80 bits per heavy atom. The Bertz CT molecular complexity index is 1780. The van der Waals surface area contributed by atoms with E-state index in [0.717, 1.165) is 69.6 Å².